The molecule has 3 aromatic rings. The molecule has 2 heterocycles. The van der Waals surface area contributed by atoms with Crippen LogP contribution in [0.25, 0.3) is 11.1 Å². The number of allylic oxidation sites excluding steroid dienone is 1. The molecule has 2 aromatic carbocycles. The normalized spacial score (nSPS) is 25.0. The topological polar surface area (TPSA) is 42.7 Å². The second-order valence-electron chi connectivity index (χ2n) is 8.61. The average Bonchev–Trinajstić information content (AvgIpc) is 3.42. The van der Waals surface area contributed by atoms with Crippen molar-refractivity contribution < 1.29 is 13.9 Å². The molecule has 1 aliphatic carbocycles. The SMILES string of the molecule is COc1ccc(-c2ccoc2)cc1[C@H]1[C@H]2C=CC[C@@H](C)[C@@H]2C(=O)N1Cc1ccccc1. The summed E-state index contributed by atoms with van der Waals surface area (Å²) in [6.07, 6.45) is 8.87. The number of methoxy groups -OCH3 is 1. The Labute approximate surface area is 183 Å². The van der Waals surface area contributed by atoms with Crippen LogP contribution in [0.15, 0.2) is 83.7 Å². The number of amides is 1. The molecule has 4 heteroatoms. The Balaban J connectivity index is 1.63. The first-order valence-electron chi connectivity index (χ1n) is 10.9. The summed E-state index contributed by atoms with van der Waals surface area (Å²) < 4.78 is 11.1. The first kappa shape index (κ1) is 19.7. The number of hydrogen-bond acceptors (Lipinski definition) is 3. The van der Waals surface area contributed by atoms with Crippen LogP contribution in [0.5, 0.6) is 5.75 Å². The van der Waals surface area contributed by atoms with Gasteiger partial charge in [0.05, 0.1) is 25.7 Å². The molecule has 31 heavy (non-hydrogen) atoms. The van der Waals surface area contributed by atoms with Crippen LogP contribution in [0, 0.1) is 17.8 Å². The van der Waals surface area contributed by atoms with E-state index in [1.54, 1.807) is 19.6 Å². The van der Waals surface area contributed by atoms with E-state index in [2.05, 4.69) is 42.2 Å². The highest BCUT2D eigenvalue weighted by Crippen LogP contribution is 2.51. The summed E-state index contributed by atoms with van der Waals surface area (Å²) in [4.78, 5) is 15.8. The standard InChI is InChI=1S/C27H27NO3/c1-18-7-6-10-22-25(18)27(29)28(16-19-8-4-3-5-9-19)26(22)23-15-20(11-12-24(23)30-2)21-13-14-31-17-21/h3-6,8-15,17-18,22,25-26H,7,16H2,1-2H3/t18-,22+,25+,26-/m1/s1. The summed E-state index contributed by atoms with van der Waals surface area (Å²) in [5.41, 5.74) is 4.28. The number of nitrogens with zero attached hydrogens (tertiary/aromatic N) is 1. The molecule has 0 unspecified atom stereocenters. The van der Waals surface area contributed by atoms with Crippen LogP contribution in [0.3, 0.4) is 0 Å². The van der Waals surface area contributed by atoms with Crippen molar-refractivity contribution in [2.75, 3.05) is 7.11 Å². The summed E-state index contributed by atoms with van der Waals surface area (Å²) in [6, 6.07) is 18.3. The third-order valence-corrected chi connectivity index (χ3v) is 6.76. The van der Waals surface area contributed by atoms with Gasteiger partial charge in [-0.25, -0.2) is 0 Å². The lowest BCUT2D eigenvalue weighted by molar-refractivity contribution is -0.134. The van der Waals surface area contributed by atoms with Gasteiger partial charge >= 0.3 is 0 Å². The number of benzene rings is 2. The van der Waals surface area contributed by atoms with Gasteiger partial charge in [-0.1, -0.05) is 55.5 Å². The molecule has 1 aliphatic heterocycles. The predicted molar refractivity (Wildman–Crippen MR) is 120 cm³/mol. The molecule has 158 valence electrons. The quantitative estimate of drug-likeness (QED) is 0.492. The number of furan rings is 1. The summed E-state index contributed by atoms with van der Waals surface area (Å²) >= 11 is 0. The molecule has 1 amide bonds. The molecule has 1 aromatic heterocycles. The fourth-order valence-corrected chi connectivity index (χ4v) is 5.25. The van der Waals surface area contributed by atoms with Gasteiger partial charge in [0, 0.05) is 29.5 Å². The smallest absolute Gasteiger partial charge is 0.227 e. The van der Waals surface area contributed by atoms with Gasteiger partial charge in [0.2, 0.25) is 5.91 Å². The van der Waals surface area contributed by atoms with Crippen LogP contribution in [0.4, 0.5) is 0 Å². The first-order valence-corrected chi connectivity index (χ1v) is 10.9. The summed E-state index contributed by atoms with van der Waals surface area (Å²) in [5, 5.41) is 0. The Bertz CT molecular complexity index is 1090. The largest absolute Gasteiger partial charge is 0.496 e. The summed E-state index contributed by atoms with van der Waals surface area (Å²) in [6.45, 7) is 2.79. The van der Waals surface area contributed by atoms with E-state index in [-0.39, 0.29) is 23.8 Å². The average molecular weight is 414 g/mol. The molecule has 0 N–H and O–H groups in total. The number of carbonyl (C=O) groups is 1. The minimum atomic E-state index is -0.0708. The van der Waals surface area contributed by atoms with Crippen LogP contribution in [0.1, 0.15) is 30.5 Å². The third kappa shape index (κ3) is 3.46. The highest BCUT2D eigenvalue weighted by Gasteiger charge is 2.51. The molecule has 1 saturated heterocycles. The zero-order valence-electron chi connectivity index (χ0n) is 17.9. The van der Waals surface area contributed by atoms with Crippen molar-refractivity contribution in [2.24, 2.45) is 17.8 Å². The van der Waals surface area contributed by atoms with E-state index in [0.717, 1.165) is 34.4 Å². The van der Waals surface area contributed by atoms with Gasteiger partial charge in [-0.2, -0.15) is 0 Å². The Hall–Kier alpha value is -3.27. The number of likely N-dealkylation sites (tertiary alicyclic amines) is 1. The minimum absolute atomic E-state index is 0.000926. The van der Waals surface area contributed by atoms with Gasteiger partial charge in [-0.3, -0.25) is 4.79 Å². The Kier molecular flexibility index (Phi) is 5.14. The number of ether oxygens (including phenoxy) is 1. The van der Waals surface area contributed by atoms with E-state index in [9.17, 15) is 4.79 Å². The highest BCUT2D eigenvalue weighted by atomic mass is 16.5. The molecule has 4 atom stereocenters. The first-order chi connectivity index (χ1) is 15.2. The van der Waals surface area contributed by atoms with Gasteiger partial charge in [-0.15, -0.1) is 0 Å². The molecule has 0 radical (unpaired) electrons. The van der Waals surface area contributed by atoms with Crippen LogP contribution < -0.4 is 4.74 Å². The Morgan fingerprint density at radius 3 is 2.68 bits per heavy atom. The van der Waals surface area contributed by atoms with Crippen LogP contribution in [-0.4, -0.2) is 17.9 Å². The van der Waals surface area contributed by atoms with E-state index >= 15 is 0 Å². The van der Waals surface area contributed by atoms with Crippen LogP contribution >= 0.6 is 0 Å². The fraction of sp³-hybridized carbons (Fsp3) is 0.296. The maximum absolute atomic E-state index is 13.7. The summed E-state index contributed by atoms with van der Waals surface area (Å²) in [7, 11) is 1.70. The molecular formula is C27H27NO3. The molecule has 4 nitrogen and oxygen atoms in total. The lowest BCUT2D eigenvalue weighted by atomic mass is 9.75. The highest BCUT2D eigenvalue weighted by molar-refractivity contribution is 5.84. The third-order valence-electron chi connectivity index (χ3n) is 6.76. The fourth-order valence-electron chi connectivity index (χ4n) is 5.25. The second kappa shape index (κ2) is 8.10. The van der Waals surface area contributed by atoms with Crippen molar-refractivity contribution in [1.82, 2.24) is 4.90 Å². The van der Waals surface area contributed by atoms with Gasteiger partial charge < -0.3 is 14.1 Å². The number of fused-ring (bicyclic) bond motifs is 1. The van der Waals surface area contributed by atoms with Crippen molar-refractivity contribution >= 4 is 5.91 Å². The zero-order valence-corrected chi connectivity index (χ0v) is 17.9. The molecule has 0 bridgehead atoms. The van der Waals surface area contributed by atoms with Crippen LogP contribution in [-0.2, 0) is 11.3 Å². The maximum Gasteiger partial charge on any atom is 0.227 e. The Morgan fingerprint density at radius 2 is 1.94 bits per heavy atom. The van der Waals surface area contributed by atoms with E-state index in [1.807, 2.05) is 36.4 Å². The van der Waals surface area contributed by atoms with Crippen molar-refractivity contribution in [2.45, 2.75) is 25.9 Å². The van der Waals surface area contributed by atoms with Crippen molar-refractivity contribution in [1.29, 1.82) is 0 Å². The van der Waals surface area contributed by atoms with Crippen molar-refractivity contribution in [3.05, 3.63) is 90.4 Å². The second-order valence-corrected chi connectivity index (χ2v) is 8.61. The van der Waals surface area contributed by atoms with E-state index < -0.39 is 0 Å². The summed E-state index contributed by atoms with van der Waals surface area (Å²) in [5.74, 6) is 1.52. The van der Waals surface area contributed by atoms with E-state index in [1.165, 1.54) is 0 Å². The number of carbonyl (C=O) groups excluding carboxylic acids is 1. The monoisotopic (exact) mass is 413 g/mol. The van der Waals surface area contributed by atoms with Crippen molar-refractivity contribution in [3.8, 4) is 16.9 Å². The van der Waals surface area contributed by atoms with Gasteiger partial charge in [0.25, 0.3) is 0 Å². The van der Waals surface area contributed by atoms with E-state index in [4.69, 9.17) is 9.15 Å². The minimum Gasteiger partial charge on any atom is -0.496 e. The lowest BCUT2D eigenvalue weighted by Gasteiger charge is -2.30. The van der Waals surface area contributed by atoms with Crippen molar-refractivity contribution in [3.63, 3.8) is 0 Å². The molecule has 0 saturated carbocycles. The van der Waals surface area contributed by atoms with Crippen LogP contribution in [0.2, 0.25) is 0 Å². The molecule has 5 rings (SSSR count). The van der Waals surface area contributed by atoms with Gasteiger partial charge in [-0.05, 0) is 41.7 Å². The van der Waals surface area contributed by atoms with E-state index in [0.29, 0.717) is 12.5 Å². The maximum atomic E-state index is 13.7. The lowest BCUT2D eigenvalue weighted by Crippen LogP contribution is -2.30. The molecular weight excluding hydrogens is 386 g/mol. The van der Waals surface area contributed by atoms with Gasteiger partial charge in [0.15, 0.2) is 0 Å². The van der Waals surface area contributed by atoms with Gasteiger partial charge in [0.1, 0.15) is 5.75 Å². The Morgan fingerprint density at radius 1 is 1.10 bits per heavy atom. The molecule has 1 fully saturated rings. The molecule has 0 spiro atoms. The molecule has 2 aliphatic rings. The zero-order chi connectivity index (χ0) is 21.4. The predicted octanol–water partition coefficient (Wildman–Crippen LogP) is 5.87. The number of rotatable bonds is 5. The number of hydrogen-bond donors (Lipinski definition) is 0.